The molecule has 0 saturated carbocycles. The molecule has 28 heavy (non-hydrogen) atoms. The summed E-state index contributed by atoms with van der Waals surface area (Å²) in [6.07, 6.45) is 6.95. The average Bonchev–Trinajstić information content (AvgIpc) is 3.33. The van der Waals surface area contributed by atoms with Gasteiger partial charge >= 0.3 is 0 Å². The van der Waals surface area contributed by atoms with E-state index < -0.39 is 10.0 Å². The quantitative estimate of drug-likeness (QED) is 0.633. The Kier molecular flexibility index (Phi) is 5.27. The molecule has 9 heteroatoms. The third kappa shape index (κ3) is 3.99. The Labute approximate surface area is 169 Å². The van der Waals surface area contributed by atoms with E-state index in [1.165, 1.54) is 16.8 Å². The number of halogens is 1. The van der Waals surface area contributed by atoms with Gasteiger partial charge in [0.2, 0.25) is 0 Å². The van der Waals surface area contributed by atoms with E-state index in [4.69, 9.17) is 16.0 Å². The number of sulfonamides is 1. The molecule has 1 aliphatic rings. The normalized spacial score (nSPS) is 18.4. The molecule has 0 amide bonds. The Bertz CT molecular complexity index is 1060. The number of piperidine rings is 1. The van der Waals surface area contributed by atoms with Gasteiger partial charge in [-0.25, -0.2) is 18.4 Å². The van der Waals surface area contributed by atoms with Crippen LogP contribution < -0.4 is 0 Å². The molecular formula is C19H21ClN4O3S. The zero-order valence-electron chi connectivity index (χ0n) is 15.5. The van der Waals surface area contributed by atoms with E-state index in [0.717, 1.165) is 24.2 Å². The molecule has 1 aliphatic heterocycles. The topological polar surface area (TPSA) is 81.2 Å². The highest BCUT2D eigenvalue weighted by Crippen LogP contribution is 2.30. The molecule has 0 bridgehead atoms. The summed E-state index contributed by atoms with van der Waals surface area (Å²) in [5.41, 5.74) is 1.08. The third-order valence-corrected chi connectivity index (χ3v) is 6.88. The highest BCUT2D eigenvalue weighted by Gasteiger charge is 2.34. The van der Waals surface area contributed by atoms with Crippen LogP contribution in [0.25, 0.3) is 0 Å². The van der Waals surface area contributed by atoms with Crippen molar-refractivity contribution >= 4 is 21.6 Å². The van der Waals surface area contributed by atoms with Crippen molar-refractivity contribution in [2.75, 3.05) is 13.1 Å². The SMILES string of the molecule is Cn1cnc(S(=O)(=O)N2CCC[C@@H](c3ncc(Cc4ccc(Cl)cc4)o3)C2)c1. The molecular weight excluding hydrogens is 400 g/mol. The predicted molar refractivity (Wildman–Crippen MR) is 105 cm³/mol. The first-order chi connectivity index (χ1) is 13.4. The van der Waals surface area contributed by atoms with Gasteiger partial charge in [0, 0.05) is 43.7 Å². The van der Waals surface area contributed by atoms with E-state index in [-0.39, 0.29) is 10.9 Å². The number of imidazole rings is 1. The smallest absolute Gasteiger partial charge is 0.262 e. The van der Waals surface area contributed by atoms with E-state index in [1.807, 2.05) is 24.3 Å². The monoisotopic (exact) mass is 420 g/mol. The summed E-state index contributed by atoms with van der Waals surface area (Å²) in [4.78, 5) is 8.42. The van der Waals surface area contributed by atoms with E-state index in [9.17, 15) is 8.42 Å². The Morgan fingerprint density at radius 1 is 1.25 bits per heavy atom. The second-order valence-electron chi connectivity index (χ2n) is 7.05. The first-order valence-electron chi connectivity index (χ1n) is 9.09. The van der Waals surface area contributed by atoms with Crippen molar-refractivity contribution in [1.82, 2.24) is 18.8 Å². The number of aryl methyl sites for hydroxylation is 1. The van der Waals surface area contributed by atoms with Crippen LogP contribution in [0.2, 0.25) is 5.02 Å². The molecule has 0 spiro atoms. The molecule has 0 N–H and O–H groups in total. The van der Waals surface area contributed by atoms with E-state index >= 15 is 0 Å². The fourth-order valence-corrected chi connectivity index (χ4v) is 5.03. The molecule has 1 saturated heterocycles. The highest BCUT2D eigenvalue weighted by atomic mass is 35.5. The fourth-order valence-electron chi connectivity index (χ4n) is 3.41. The van der Waals surface area contributed by atoms with Gasteiger partial charge in [0.15, 0.2) is 10.9 Å². The van der Waals surface area contributed by atoms with Gasteiger partial charge in [-0.15, -0.1) is 0 Å². The van der Waals surface area contributed by atoms with Gasteiger partial charge < -0.3 is 8.98 Å². The van der Waals surface area contributed by atoms with Crippen LogP contribution in [0.15, 0.2) is 52.4 Å². The van der Waals surface area contributed by atoms with Crippen molar-refractivity contribution in [1.29, 1.82) is 0 Å². The Hall–Kier alpha value is -2.16. The van der Waals surface area contributed by atoms with Gasteiger partial charge in [-0.2, -0.15) is 4.31 Å². The lowest BCUT2D eigenvalue weighted by molar-refractivity contribution is 0.281. The highest BCUT2D eigenvalue weighted by molar-refractivity contribution is 7.89. The summed E-state index contributed by atoms with van der Waals surface area (Å²) < 4.78 is 34.7. The second-order valence-corrected chi connectivity index (χ2v) is 9.37. The molecule has 0 radical (unpaired) electrons. The fraction of sp³-hybridized carbons (Fsp3) is 0.368. The number of hydrogen-bond acceptors (Lipinski definition) is 5. The molecule has 148 valence electrons. The lowest BCUT2D eigenvalue weighted by Crippen LogP contribution is -2.39. The zero-order chi connectivity index (χ0) is 19.7. The van der Waals surface area contributed by atoms with Crippen LogP contribution in [0.5, 0.6) is 0 Å². The van der Waals surface area contributed by atoms with Crippen molar-refractivity contribution in [3.63, 3.8) is 0 Å². The maximum Gasteiger partial charge on any atom is 0.262 e. The average molecular weight is 421 g/mol. The van der Waals surface area contributed by atoms with Crippen LogP contribution in [-0.2, 0) is 23.5 Å². The maximum atomic E-state index is 12.8. The van der Waals surface area contributed by atoms with E-state index in [0.29, 0.717) is 30.4 Å². The number of nitrogens with zero attached hydrogens (tertiary/aromatic N) is 4. The molecule has 3 aromatic rings. The summed E-state index contributed by atoms with van der Waals surface area (Å²) in [5.74, 6) is 1.28. The largest absolute Gasteiger partial charge is 0.445 e. The van der Waals surface area contributed by atoms with Crippen molar-refractivity contribution in [3.05, 3.63) is 65.2 Å². The van der Waals surface area contributed by atoms with E-state index in [2.05, 4.69) is 9.97 Å². The van der Waals surface area contributed by atoms with Crippen LogP contribution in [0.1, 0.15) is 36.0 Å². The lowest BCUT2D eigenvalue weighted by atomic mass is 10.00. The molecule has 1 atom stereocenters. The van der Waals surface area contributed by atoms with Gasteiger partial charge in [0.25, 0.3) is 10.0 Å². The number of oxazole rings is 1. The first kappa shape index (κ1) is 19.2. The van der Waals surface area contributed by atoms with Crippen molar-refractivity contribution < 1.29 is 12.8 Å². The summed E-state index contributed by atoms with van der Waals surface area (Å²) in [5, 5.41) is 0.768. The summed E-state index contributed by atoms with van der Waals surface area (Å²) in [7, 11) is -1.86. The van der Waals surface area contributed by atoms with Crippen molar-refractivity contribution in [2.24, 2.45) is 7.05 Å². The van der Waals surface area contributed by atoms with Gasteiger partial charge in [-0.1, -0.05) is 23.7 Å². The standard InChI is InChI=1S/C19H21ClN4O3S/c1-23-12-18(22-13-23)28(25,26)24-8-2-3-15(11-24)19-21-10-17(27-19)9-14-4-6-16(20)7-5-14/h4-7,10,12-13,15H,2-3,8-9,11H2,1H3/t15-/m1/s1. The first-order valence-corrected chi connectivity index (χ1v) is 10.9. The summed E-state index contributed by atoms with van der Waals surface area (Å²) in [6, 6.07) is 7.59. The number of rotatable bonds is 5. The van der Waals surface area contributed by atoms with Crippen LogP contribution in [-0.4, -0.2) is 40.3 Å². The van der Waals surface area contributed by atoms with Crippen molar-refractivity contribution in [3.8, 4) is 0 Å². The molecule has 0 unspecified atom stereocenters. The van der Waals surface area contributed by atoms with E-state index in [1.54, 1.807) is 17.8 Å². The lowest BCUT2D eigenvalue weighted by Gasteiger charge is -2.29. The van der Waals surface area contributed by atoms with Gasteiger partial charge in [-0.3, -0.25) is 0 Å². The number of aromatic nitrogens is 3. The van der Waals surface area contributed by atoms with Crippen LogP contribution in [0.3, 0.4) is 0 Å². The van der Waals surface area contributed by atoms with Crippen LogP contribution >= 0.6 is 11.6 Å². The Balaban J connectivity index is 1.48. The molecule has 1 aromatic carbocycles. The zero-order valence-corrected chi connectivity index (χ0v) is 17.0. The van der Waals surface area contributed by atoms with Crippen LogP contribution in [0.4, 0.5) is 0 Å². The van der Waals surface area contributed by atoms with Gasteiger partial charge in [0.1, 0.15) is 5.76 Å². The molecule has 2 aromatic heterocycles. The summed E-state index contributed by atoms with van der Waals surface area (Å²) in [6.45, 7) is 0.827. The molecule has 7 nitrogen and oxygen atoms in total. The summed E-state index contributed by atoms with van der Waals surface area (Å²) >= 11 is 5.92. The number of benzene rings is 1. The molecule has 4 rings (SSSR count). The minimum absolute atomic E-state index is 0.0637. The maximum absolute atomic E-state index is 12.8. The molecule has 1 fully saturated rings. The van der Waals surface area contributed by atoms with Crippen molar-refractivity contribution in [2.45, 2.75) is 30.2 Å². The minimum atomic E-state index is -3.61. The third-order valence-electron chi connectivity index (χ3n) is 4.88. The predicted octanol–water partition coefficient (Wildman–Crippen LogP) is 3.22. The molecule has 3 heterocycles. The second kappa shape index (κ2) is 7.69. The number of hydrogen-bond donors (Lipinski definition) is 0. The minimum Gasteiger partial charge on any atom is -0.445 e. The Morgan fingerprint density at radius 3 is 2.75 bits per heavy atom. The molecule has 0 aliphatic carbocycles. The van der Waals surface area contributed by atoms with Gasteiger partial charge in [0.05, 0.1) is 12.5 Å². The Morgan fingerprint density at radius 2 is 2.04 bits per heavy atom. The van der Waals surface area contributed by atoms with Crippen LogP contribution in [0, 0.1) is 0 Å². The van der Waals surface area contributed by atoms with Gasteiger partial charge in [-0.05, 0) is 30.5 Å².